The topological polar surface area (TPSA) is 234 Å². The molecule has 2 unspecified atom stereocenters. The lowest BCUT2D eigenvalue weighted by molar-refractivity contribution is -0.146. The largest absolute Gasteiger partial charge is 0.379 e. The van der Waals surface area contributed by atoms with E-state index in [4.69, 9.17) is 20.0 Å². The number of hydrogen-bond donors (Lipinski definition) is 3. The Hall–Kier alpha value is -4.25. The molecule has 0 radical (unpaired) electrons. The molecule has 0 spiro atoms. The summed E-state index contributed by atoms with van der Waals surface area (Å²) in [5.74, 6) is -2.93. The Bertz CT molecular complexity index is 1770. The van der Waals surface area contributed by atoms with Crippen LogP contribution in [0.1, 0.15) is 78.7 Å². The molecular formula is C43H73N10O9P. The normalized spacial score (nSPS) is 19.3. The maximum atomic E-state index is 14.6. The number of rotatable bonds is 22. The number of nitrogens with zero attached hydrogens (tertiary/aromatic N) is 9. The Balaban J connectivity index is 1.79. The number of ether oxygens (including phenoxy) is 2. The fraction of sp³-hybridized carbons (Fsp3) is 0.744. The Morgan fingerprint density at radius 2 is 1.60 bits per heavy atom. The summed E-state index contributed by atoms with van der Waals surface area (Å²) in [6.45, 7) is 12.3. The van der Waals surface area contributed by atoms with E-state index in [1.165, 1.54) is 14.2 Å². The molecule has 1 aromatic rings. The molecule has 3 rings (SSSR count). The van der Waals surface area contributed by atoms with Crippen LogP contribution in [-0.2, 0) is 39.6 Å². The predicted molar refractivity (Wildman–Crippen MR) is 241 cm³/mol. The second kappa shape index (κ2) is 25.3. The van der Waals surface area contributed by atoms with Gasteiger partial charge in [-0.05, 0) is 42.2 Å². The molecule has 2 fully saturated rings. The van der Waals surface area contributed by atoms with Gasteiger partial charge in [-0.25, -0.2) is 4.99 Å². The Morgan fingerprint density at radius 1 is 0.968 bits per heavy atom. The van der Waals surface area contributed by atoms with Crippen molar-refractivity contribution in [2.45, 2.75) is 116 Å². The van der Waals surface area contributed by atoms with Crippen LogP contribution < -0.4 is 5.32 Å². The first-order valence-electron chi connectivity index (χ1n) is 22.1. The lowest BCUT2D eigenvalue weighted by Crippen LogP contribution is -2.56. The van der Waals surface area contributed by atoms with E-state index < -0.39 is 55.5 Å². The third-order valence-corrected chi connectivity index (χ3v) is 13.5. The minimum Gasteiger partial charge on any atom is -0.379 e. The molecule has 0 saturated carbocycles. The molecule has 2 aliphatic heterocycles. The maximum absolute atomic E-state index is 14.6. The van der Waals surface area contributed by atoms with Crippen molar-refractivity contribution in [1.29, 1.82) is 0 Å². The lowest BCUT2D eigenvalue weighted by Gasteiger charge is -2.41. The second-order valence-corrected chi connectivity index (χ2v) is 19.1. The van der Waals surface area contributed by atoms with Crippen LogP contribution in [0.5, 0.6) is 0 Å². The van der Waals surface area contributed by atoms with Crippen molar-refractivity contribution < 1.29 is 43.0 Å². The van der Waals surface area contributed by atoms with Gasteiger partial charge in [0.15, 0.2) is 5.96 Å². The van der Waals surface area contributed by atoms with E-state index in [0.717, 1.165) is 0 Å². The van der Waals surface area contributed by atoms with Crippen molar-refractivity contribution >= 4 is 37.2 Å². The lowest BCUT2D eigenvalue weighted by atomic mass is 9.89. The number of likely N-dealkylation sites (N-methyl/N-ethyl adjacent to an activating group) is 1. The quantitative estimate of drug-likeness (QED) is 0.0287. The van der Waals surface area contributed by atoms with Crippen LogP contribution >= 0.6 is 7.60 Å². The second-order valence-electron chi connectivity index (χ2n) is 17.3. The fourth-order valence-corrected chi connectivity index (χ4v) is 9.40. The number of amides is 4. The zero-order valence-corrected chi connectivity index (χ0v) is 39.9. The molecule has 0 bridgehead atoms. The van der Waals surface area contributed by atoms with Crippen molar-refractivity contribution in [3.05, 3.63) is 46.3 Å². The first-order valence-corrected chi connectivity index (χ1v) is 23.8. The summed E-state index contributed by atoms with van der Waals surface area (Å²) < 4.78 is 24.4. The number of methoxy groups -OCH3 is 2. The Morgan fingerprint density at radius 3 is 2.14 bits per heavy atom. The molecule has 4 amide bonds. The summed E-state index contributed by atoms with van der Waals surface area (Å²) in [4.78, 5) is 92.7. The fourth-order valence-electron chi connectivity index (χ4n) is 8.66. The third-order valence-electron chi connectivity index (χ3n) is 12.4. The number of likely N-dealkylation sites (tertiary alicyclic amines) is 1. The molecule has 2 saturated heterocycles. The highest BCUT2D eigenvalue weighted by molar-refractivity contribution is 7.52. The summed E-state index contributed by atoms with van der Waals surface area (Å²) in [5, 5.41) is 6.09. The molecular weight excluding hydrogens is 832 g/mol. The molecule has 0 aliphatic carbocycles. The summed E-state index contributed by atoms with van der Waals surface area (Å²) in [6.07, 6.45) is 1.17. The monoisotopic (exact) mass is 905 g/mol. The van der Waals surface area contributed by atoms with Crippen LogP contribution in [0, 0.1) is 17.8 Å². The molecule has 2 heterocycles. The average Bonchev–Trinajstić information content (AvgIpc) is 3.74. The van der Waals surface area contributed by atoms with Crippen LogP contribution in [0.3, 0.4) is 0 Å². The predicted octanol–water partition coefficient (Wildman–Crippen LogP) is 3.95. The van der Waals surface area contributed by atoms with E-state index in [2.05, 4.69) is 20.2 Å². The van der Waals surface area contributed by atoms with Crippen LogP contribution in [0.25, 0.3) is 10.4 Å². The zero-order valence-electron chi connectivity index (χ0n) is 39.0. The van der Waals surface area contributed by atoms with Gasteiger partial charge < -0.3 is 49.1 Å². The van der Waals surface area contributed by atoms with E-state index in [-0.39, 0.29) is 48.9 Å². The van der Waals surface area contributed by atoms with Crippen molar-refractivity contribution in [2.24, 2.45) is 27.9 Å². The summed E-state index contributed by atoms with van der Waals surface area (Å²) in [6, 6.07) is 7.04. The number of hydrogen-bond acceptors (Lipinski definition) is 9. The molecule has 354 valence electrons. The number of carbonyl (C=O) groups excluding carboxylic acids is 4. The van der Waals surface area contributed by atoms with Crippen molar-refractivity contribution in [3.8, 4) is 0 Å². The van der Waals surface area contributed by atoms with Crippen molar-refractivity contribution in [2.75, 3.05) is 74.6 Å². The first kappa shape index (κ1) is 53.1. The molecule has 19 nitrogen and oxygen atoms in total. The minimum atomic E-state index is -4.73. The van der Waals surface area contributed by atoms with E-state index in [0.29, 0.717) is 76.4 Å². The van der Waals surface area contributed by atoms with Gasteiger partial charge in [0.05, 0.1) is 36.6 Å². The van der Waals surface area contributed by atoms with Gasteiger partial charge in [-0.15, -0.1) is 0 Å². The number of carbonyl (C=O) groups is 4. The van der Waals surface area contributed by atoms with E-state index in [1.807, 2.05) is 46.7 Å². The third kappa shape index (κ3) is 14.9. The molecule has 3 N–H and O–H groups in total. The van der Waals surface area contributed by atoms with E-state index in [1.54, 1.807) is 59.0 Å². The summed E-state index contributed by atoms with van der Waals surface area (Å²) >= 11 is 0. The number of azide groups is 1. The molecule has 8 atom stereocenters. The van der Waals surface area contributed by atoms with E-state index in [9.17, 15) is 33.5 Å². The Kier molecular flexibility index (Phi) is 21.3. The number of piperazine rings is 1. The van der Waals surface area contributed by atoms with Crippen LogP contribution in [0.2, 0.25) is 0 Å². The van der Waals surface area contributed by atoms with Gasteiger partial charge in [0.2, 0.25) is 23.6 Å². The number of aliphatic imine (C=N–C) groups is 1. The van der Waals surface area contributed by atoms with Crippen molar-refractivity contribution in [3.63, 3.8) is 0 Å². The number of guanidine groups is 1. The van der Waals surface area contributed by atoms with Crippen LogP contribution in [0.15, 0.2) is 40.4 Å². The average molecular weight is 905 g/mol. The maximum Gasteiger partial charge on any atom is 0.347 e. The Labute approximate surface area is 373 Å². The van der Waals surface area contributed by atoms with Crippen LogP contribution in [-0.4, -0.2) is 175 Å². The summed E-state index contributed by atoms with van der Waals surface area (Å²) in [5.41, 5.74) is 9.18. The van der Waals surface area contributed by atoms with Gasteiger partial charge in [0.1, 0.15) is 11.8 Å². The standard InChI is InChI=1S/C43H73N10O9P/c1-11-30(4)39(50(8)42(57)38(29(2)3)47-43(49(6)7)52-25-23-51(24-26-52)36(54)20-15-21-45-48-44)34(61-9)28-37(55)53-22-16-19-33(53)40(62-10)31(5)41(56)46-35(63(58,59)60)27-32-17-13-12-14-18-32/h12-14,17-18,29-31,33-35,38-40H,11,15-16,19-28H2,1-10H3,(H,46,56)(H2,58,59,60)/t30-,31+,33?,34+,35+,38?,39-,40+/m0/s1. The van der Waals surface area contributed by atoms with Crippen LogP contribution in [0.4, 0.5) is 0 Å². The smallest absolute Gasteiger partial charge is 0.347 e. The highest BCUT2D eigenvalue weighted by atomic mass is 31.2. The van der Waals surface area contributed by atoms with Gasteiger partial charge in [-0.3, -0.25) is 23.7 Å². The molecule has 0 aromatic heterocycles. The van der Waals surface area contributed by atoms with E-state index >= 15 is 0 Å². The molecule has 1 aromatic carbocycles. The zero-order chi connectivity index (χ0) is 47.0. The van der Waals surface area contributed by atoms with Gasteiger partial charge >= 0.3 is 7.60 Å². The summed E-state index contributed by atoms with van der Waals surface area (Å²) in [7, 11) is 3.77. The molecule has 63 heavy (non-hydrogen) atoms. The van der Waals surface area contributed by atoms with Crippen molar-refractivity contribution in [1.82, 2.24) is 29.8 Å². The van der Waals surface area contributed by atoms with Gasteiger partial charge in [0.25, 0.3) is 0 Å². The minimum absolute atomic E-state index is 0.00915. The SMILES string of the molecule is CC[C@H](C)[C@@H]([C@@H](CC(=O)N1CCCC1[C@H](OC)[C@@H](C)C(=O)N[C@@H](Cc1ccccc1)P(=O)(O)O)OC)N(C)C(=O)C(N=C(N(C)C)N1CCN(C(=O)CCCN=[N+]=[N-])CC1)C(C)C. The van der Waals surface area contributed by atoms with Gasteiger partial charge in [0, 0.05) is 92.4 Å². The molecule has 20 heteroatoms. The number of benzene rings is 1. The first-order chi connectivity index (χ1) is 29.8. The van der Waals surface area contributed by atoms with Gasteiger partial charge in [-0.2, -0.15) is 0 Å². The number of nitrogens with one attached hydrogen (secondary N) is 1. The van der Waals surface area contributed by atoms with Gasteiger partial charge in [-0.1, -0.05) is 76.5 Å². The highest BCUT2D eigenvalue weighted by Crippen LogP contribution is 2.41. The highest BCUT2D eigenvalue weighted by Gasteiger charge is 2.44. The molecule has 2 aliphatic rings.